The van der Waals surface area contributed by atoms with Crippen molar-refractivity contribution in [1.82, 2.24) is 26.0 Å². The van der Waals surface area contributed by atoms with E-state index in [2.05, 4.69) is 31.0 Å². The number of nitrogens with one attached hydrogen (secondary N) is 5. The molecular weight excluding hydrogens is 632 g/mol. The predicted octanol–water partition coefficient (Wildman–Crippen LogP) is 3.94. The summed E-state index contributed by atoms with van der Waals surface area (Å²) >= 11 is 0. The molecule has 0 aromatic heterocycles. The number of alkyl carbamates (subject to hydrolysis) is 2. The lowest BCUT2D eigenvalue weighted by Crippen LogP contribution is -2.51. The fourth-order valence-corrected chi connectivity index (χ4v) is 4.76. The molecule has 0 fully saturated rings. The number of amides is 4. The molecule has 15 nitrogen and oxygen atoms in total. The highest BCUT2D eigenvalue weighted by molar-refractivity contribution is 7.89. The minimum Gasteiger partial charge on any atom is -0.459 e. The van der Waals surface area contributed by atoms with Crippen LogP contribution >= 0.6 is 0 Å². The summed E-state index contributed by atoms with van der Waals surface area (Å²) in [5.41, 5.74) is -2.36. The highest BCUT2D eigenvalue weighted by Crippen LogP contribution is 2.12. The summed E-state index contributed by atoms with van der Waals surface area (Å²) in [6, 6.07) is 5.63. The fourth-order valence-electron chi connectivity index (χ4n) is 3.55. The van der Waals surface area contributed by atoms with Gasteiger partial charge in [0.2, 0.25) is 16.0 Å². The molecule has 0 spiro atoms. The first-order valence-corrected chi connectivity index (χ1v) is 16.9. The van der Waals surface area contributed by atoms with Crippen LogP contribution in [0.4, 0.5) is 14.4 Å². The number of carbonyl (C=O) groups excluding carboxylic acids is 4. The maximum atomic E-state index is 12.8. The molecule has 0 saturated heterocycles. The number of ether oxygens (including phenoxy) is 3. The van der Waals surface area contributed by atoms with Gasteiger partial charge in [-0.05, 0) is 87.3 Å². The minimum atomic E-state index is -4.06. The molecule has 5 N–H and O–H groups in total. The van der Waals surface area contributed by atoms with Gasteiger partial charge in [-0.1, -0.05) is 31.0 Å². The zero-order valence-corrected chi connectivity index (χ0v) is 29.8. The van der Waals surface area contributed by atoms with Crippen LogP contribution in [-0.2, 0) is 29.0 Å². The van der Waals surface area contributed by atoms with Gasteiger partial charge in [0.1, 0.15) is 22.8 Å². The lowest BCUT2D eigenvalue weighted by atomic mass is 10.2. The molecule has 0 heterocycles. The summed E-state index contributed by atoms with van der Waals surface area (Å²) in [5, 5.41) is 10.1. The molecule has 1 unspecified atom stereocenters. The summed E-state index contributed by atoms with van der Waals surface area (Å²) in [5.74, 6) is -0.923. The minimum absolute atomic E-state index is 0.0291. The number of carbonyl (C=O) groups is 4. The maximum Gasteiger partial charge on any atom is 0.414 e. The van der Waals surface area contributed by atoms with E-state index in [9.17, 15) is 27.6 Å². The Morgan fingerprint density at radius 1 is 0.723 bits per heavy atom. The summed E-state index contributed by atoms with van der Waals surface area (Å²) in [4.78, 5) is 53.7. The van der Waals surface area contributed by atoms with E-state index in [1.807, 2.05) is 0 Å². The second-order valence-corrected chi connectivity index (χ2v) is 15.3. The molecule has 0 aliphatic rings. The number of sulfonamides is 1. The molecule has 47 heavy (non-hydrogen) atoms. The highest BCUT2D eigenvalue weighted by Gasteiger charge is 2.30. The van der Waals surface area contributed by atoms with E-state index in [1.165, 1.54) is 12.1 Å². The summed E-state index contributed by atoms with van der Waals surface area (Å²) in [6.45, 7) is 15.5. The summed E-state index contributed by atoms with van der Waals surface area (Å²) in [7, 11) is -4.06. The van der Waals surface area contributed by atoms with Crippen molar-refractivity contribution in [3.8, 4) is 0 Å². The topological polar surface area (TPSA) is 203 Å². The predicted molar refractivity (Wildman–Crippen MR) is 177 cm³/mol. The van der Waals surface area contributed by atoms with Crippen molar-refractivity contribution in [3.63, 3.8) is 0 Å². The number of guanidine groups is 1. The van der Waals surface area contributed by atoms with E-state index >= 15 is 0 Å². The number of hydrogen-bond acceptors (Lipinski definition) is 10. The Bertz CT molecular complexity index is 1280. The van der Waals surface area contributed by atoms with E-state index in [4.69, 9.17) is 14.2 Å². The third-order valence-electron chi connectivity index (χ3n) is 5.39. The van der Waals surface area contributed by atoms with Crippen molar-refractivity contribution >= 4 is 40.2 Å². The van der Waals surface area contributed by atoms with Gasteiger partial charge in [-0.3, -0.25) is 20.4 Å². The lowest BCUT2D eigenvalue weighted by Gasteiger charge is -2.24. The molecule has 4 amide bonds. The standard InChI is InChI=1S/C31H52N6O9S/c1-29(2,3)44-24(38)23(37-47(42,43)22-17-13-12-14-18-22)21-34-26(39)33-20-16-11-10-15-19-32-25(35-27(40)45-30(4,5)6)36-28(41)46-31(7,8)9/h12-14,17-18,23,37H,10-11,15-16,19-21H2,1-9H3,(H2,33,34,39)(H2,32,35,36,40,41). The Hall–Kier alpha value is -3.92. The average Bonchev–Trinajstić information content (AvgIpc) is 2.89. The molecular formula is C31H52N6O9S. The Kier molecular flexibility index (Phi) is 16.1. The molecule has 266 valence electrons. The highest BCUT2D eigenvalue weighted by atomic mass is 32.2. The first-order valence-electron chi connectivity index (χ1n) is 15.4. The molecule has 0 bridgehead atoms. The van der Waals surface area contributed by atoms with Crippen molar-refractivity contribution in [2.24, 2.45) is 4.99 Å². The second kappa shape index (κ2) is 18.4. The number of rotatable bonds is 13. The Labute approximate surface area is 278 Å². The van der Waals surface area contributed by atoms with Gasteiger partial charge in [-0.2, -0.15) is 4.72 Å². The van der Waals surface area contributed by atoms with E-state index in [0.717, 1.165) is 12.8 Å². The van der Waals surface area contributed by atoms with Crippen LogP contribution in [0.5, 0.6) is 0 Å². The van der Waals surface area contributed by atoms with Gasteiger partial charge >= 0.3 is 24.2 Å². The van der Waals surface area contributed by atoms with Gasteiger partial charge < -0.3 is 24.8 Å². The van der Waals surface area contributed by atoms with Gasteiger partial charge in [0.25, 0.3) is 0 Å². The van der Waals surface area contributed by atoms with Crippen LogP contribution < -0.4 is 26.0 Å². The molecule has 0 aliphatic carbocycles. The molecule has 1 aromatic carbocycles. The van der Waals surface area contributed by atoms with Crippen molar-refractivity contribution in [1.29, 1.82) is 0 Å². The van der Waals surface area contributed by atoms with E-state index < -0.39 is 57.1 Å². The van der Waals surface area contributed by atoms with Crippen LogP contribution in [0, 0.1) is 0 Å². The Morgan fingerprint density at radius 3 is 1.74 bits per heavy atom. The number of urea groups is 1. The molecule has 1 rings (SSSR count). The van der Waals surface area contributed by atoms with Crippen LogP contribution in [0.2, 0.25) is 0 Å². The van der Waals surface area contributed by atoms with Crippen LogP contribution in [-0.4, -0.2) is 81.0 Å². The van der Waals surface area contributed by atoms with Gasteiger partial charge in [-0.25, -0.2) is 22.8 Å². The monoisotopic (exact) mass is 684 g/mol. The largest absolute Gasteiger partial charge is 0.459 e. The number of unbranched alkanes of at least 4 members (excludes halogenated alkanes) is 3. The van der Waals surface area contributed by atoms with Gasteiger partial charge in [0.15, 0.2) is 0 Å². The van der Waals surface area contributed by atoms with Crippen molar-refractivity contribution < 1.29 is 41.8 Å². The number of esters is 1. The molecule has 1 aromatic rings. The summed E-state index contributed by atoms with van der Waals surface area (Å²) < 4.78 is 43.7. The zero-order chi connectivity index (χ0) is 35.9. The first kappa shape index (κ1) is 41.1. The van der Waals surface area contributed by atoms with Crippen molar-refractivity contribution in [2.75, 3.05) is 19.6 Å². The van der Waals surface area contributed by atoms with E-state index in [1.54, 1.807) is 80.5 Å². The van der Waals surface area contributed by atoms with Crippen LogP contribution in [0.15, 0.2) is 40.2 Å². The fraction of sp³-hybridized carbons (Fsp3) is 0.645. The zero-order valence-electron chi connectivity index (χ0n) is 28.9. The molecule has 0 saturated carbocycles. The molecule has 1 atom stereocenters. The SMILES string of the molecule is CC(C)(C)OC(=O)NC(=NCCCCCCNC(=O)NCC(NS(=O)(=O)c1ccccc1)C(=O)OC(C)(C)C)NC(=O)OC(C)(C)C. The number of aliphatic imine (C=N–C) groups is 1. The number of benzene rings is 1. The smallest absolute Gasteiger partial charge is 0.414 e. The maximum absolute atomic E-state index is 12.8. The van der Waals surface area contributed by atoms with Gasteiger partial charge in [0.05, 0.1) is 4.90 Å². The molecule has 0 radical (unpaired) electrons. The van der Waals surface area contributed by atoms with Crippen LogP contribution in [0.25, 0.3) is 0 Å². The quantitative estimate of drug-likeness (QED) is 0.0671. The molecule has 16 heteroatoms. The van der Waals surface area contributed by atoms with Crippen LogP contribution in [0.3, 0.4) is 0 Å². The average molecular weight is 685 g/mol. The Balaban J connectivity index is 2.57. The van der Waals surface area contributed by atoms with Crippen molar-refractivity contribution in [2.45, 2.75) is 116 Å². The van der Waals surface area contributed by atoms with Crippen molar-refractivity contribution in [3.05, 3.63) is 30.3 Å². The summed E-state index contributed by atoms with van der Waals surface area (Å²) in [6.07, 6.45) is 1.18. The van der Waals surface area contributed by atoms with Gasteiger partial charge in [0, 0.05) is 19.6 Å². The third kappa shape index (κ3) is 20.0. The first-order chi connectivity index (χ1) is 21.6. The number of hydrogen-bond donors (Lipinski definition) is 5. The van der Waals surface area contributed by atoms with Gasteiger partial charge in [-0.15, -0.1) is 0 Å². The molecule has 0 aliphatic heterocycles. The second-order valence-electron chi connectivity index (χ2n) is 13.6. The van der Waals surface area contributed by atoms with E-state index in [0.29, 0.717) is 25.9 Å². The lowest BCUT2D eigenvalue weighted by molar-refractivity contribution is -0.156. The third-order valence-corrected chi connectivity index (χ3v) is 6.88. The number of nitrogens with zero attached hydrogens (tertiary/aromatic N) is 1. The normalized spacial score (nSPS) is 12.6. The van der Waals surface area contributed by atoms with E-state index in [-0.39, 0.29) is 17.4 Å². The Morgan fingerprint density at radius 2 is 1.23 bits per heavy atom. The van der Waals surface area contributed by atoms with Crippen LogP contribution in [0.1, 0.15) is 88.0 Å².